The van der Waals surface area contributed by atoms with Crippen molar-refractivity contribution >= 4 is 17.5 Å². The van der Waals surface area contributed by atoms with Gasteiger partial charge in [-0.1, -0.05) is 13.8 Å². The molecule has 1 aromatic rings. The van der Waals surface area contributed by atoms with Crippen LogP contribution in [-0.2, 0) is 9.59 Å². The summed E-state index contributed by atoms with van der Waals surface area (Å²) in [5, 5.41) is 5.66. The summed E-state index contributed by atoms with van der Waals surface area (Å²) in [5.41, 5.74) is -0.210. The maximum Gasteiger partial charge on any atom is 0.240 e. The van der Waals surface area contributed by atoms with E-state index in [1.807, 2.05) is 13.8 Å². The number of benzene rings is 1. The standard InChI is InChI=1S/C16H22N2O3/c1-11(2)10-17-14(19)16(8-9-16)15(20)18-12-4-6-13(21-3)7-5-12/h4-7,11H,8-10H2,1-3H3,(H,17,19)(H,18,20). The van der Waals surface area contributed by atoms with Gasteiger partial charge in [0, 0.05) is 12.2 Å². The maximum absolute atomic E-state index is 12.3. The lowest BCUT2D eigenvalue weighted by Crippen LogP contribution is -2.41. The molecule has 1 aliphatic rings. The van der Waals surface area contributed by atoms with Crippen LogP contribution in [0.4, 0.5) is 5.69 Å². The van der Waals surface area contributed by atoms with Crippen molar-refractivity contribution in [1.29, 1.82) is 0 Å². The number of anilines is 1. The van der Waals surface area contributed by atoms with Gasteiger partial charge in [-0.3, -0.25) is 9.59 Å². The van der Waals surface area contributed by atoms with Crippen molar-refractivity contribution in [2.75, 3.05) is 19.0 Å². The summed E-state index contributed by atoms with van der Waals surface area (Å²) >= 11 is 0. The number of rotatable bonds is 6. The molecule has 0 saturated heterocycles. The van der Waals surface area contributed by atoms with Crippen LogP contribution in [-0.4, -0.2) is 25.5 Å². The van der Waals surface area contributed by atoms with Crippen LogP contribution in [0.2, 0.25) is 0 Å². The topological polar surface area (TPSA) is 67.4 Å². The highest BCUT2D eigenvalue weighted by molar-refractivity contribution is 6.13. The molecule has 2 N–H and O–H groups in total. The normalized spacial score (nSPS) is 15.4. The fraction of sp³-hybridized carbons (Fsp3) is 0.500. The average molecular weight is 290 g/mol. The summed E-state index contributed by atoms with van der Waals surface area (Å²) in [6.45, 7) is 4.64. The van der Waals surface area contributed by atoms with Crippen LogP contribution < -0.4 is 15.4 Å². The monoisotopic (exact) mass is 290 g/mol. The molecule has 0 aliphatic heterocycles. The lowest BCUT2D eigenvalue weighted by molar-refractivity contribution is -0.134. The minimum atomic E-state index is -0.880. The second-order valence-electron chi connectivity index (χ2n) is 5.87. The van der Waals surface area contributed by atoms with Gasteiger partial charge in [0.25, 0.3) is 0 Å². The number of hydrogen-bond donors (Lipinski definition) is 2. The molecule has 0 spiro atoms. The van der Waals surface area contributed by atoms with Gasteiger partial charge in [0.2, 0.25) is 11.8 Å². The Morgan fingerprint density at radius 2 is 1.81 bits per heavy atom. The molecule has 0 atom stereocenters. The van der Waals surface area contributed by atoms with Crippen molar-refractivity contribution in [2.45, 2.75) is 26.7 Å². The van der Waals surface area contributed by atoms with Gasteiger partial charge >= 0.3 is 0 Å². The van der Waals surface area contributed by atoms with Gasteiger partial charge in [-0.15, -0.1) is 0 Å². The summed E-state index contributed by atoms with van der Waals surface area (Å²) in [5.74, 6) is 0.703. The molecule has 0 aromatic heterocycles. The molecule has 2 rings (SSSR count). The number of nitrogens with one attached hydrogen (secondary N) is 2. The minimum Gasteiger partial charge on any atom is -0.497 e. The van der Waals surface area contributed by atoms with Gasteiger partial charge in [0.15, 0.2) is 0 Å². The van der Waals surface area contributed by atoms with E-state index < -0.39 is 5.41 Å². The Morgan fingerprint density at radius 3 is 2.29 bits per heavy atom. The third kappa shape index (κ3) is 3.54. The predicted molar refractivity (Wildman–Crippen MR) is 81.1 cm³/mol. The van der Waals surface area contributed by atoms with Crippen LogP contribution >= 0.6 is 0 Å². The fourth-order valence-corrected chi connectivity index (χ4v) is 2.07. The summed E-state index contributed by atoms with van der Waals surface area (Å²) in [7, 11) is 1.59. The van der Waals surface area contributed by atoms with E-state index in [2.05, 4.69) is 10.6 Å². The molecule has 1 saturated carbocycles. The molecule has 5 nitrogen and oxygen atoms in total. The first kappa shape index (κ1) is 15.4. The Labute approximate surface area is 125 Å². The number of hydrogen-bond acceptors (Lipinski definition) is 3. The highest BCUT2D eigenvalue weighted by Gasteiger charge is 2.56. The summed E-state index contributed by atoms with van der Waals surface area (Å²) in [6.07, 6.45) is 1.22. The highest BCUT2D eigenvalue weighted by atomic mass is 16.5. The summed E-state index contributed by atoms with van der Waals surface area (Å²) < 4.78 is 5.07. The number of ether oxygens (including phenoxy) is 1. The molecular formula is C16H22N2O3. The summed E-state index contributed by atoms with van der Waals surface area (Å²) in [6, 6.07) is 7.07. The van der Waals surface area contributed by atoms with Crippen molar-refractivity contribution in [3.8, 4) is 5.75 Å². The molecule has 5 heteroatoms. The number of methoxy groups -OCH3 is 1. The van der Waals surface area contributed by atoms with E-state index in [0.717, 1.165) is 5.75 Å². The van der Waals surface area contributed by atoms with E-state index in [9.17, 15) is 9.59 Å². The number of carbonyl (C=O) groups is 2. The molecule has 1 aromatic carbocycles. The van der Waals surface area contributed by atoms with E-state index in [-0.39, 0.29) is 11.8 Å². The van der Waals surface area contributed by atoms with E-state index in [0.29, 0.717) is 31.0 Å². The number of amides is 2. The lowest BCUT2D eigenvalue weighted by atomic mass is 10.0. The zero-order valence-corrected chi connectivity index (χ0v) is 12.7. The first-order chi connectivity index (χ1) is 9.98. The van der Waals surface area contributed by atoms with Gasteiger partial charge in [-0.05, 0) is 43.0 Å². The molecule has 0 heterocycles. The highest BCUT2D eigenvalue weighted by Crippen LogP contribution is 2.46. The minimum absolute atomic E-state index is 0.165. The van der Waals surface area contributed by atoms with Gasteiger partial charge in [-0.25, -0.2) is 0 Å². The Morgan fingerprint density at radius 1 is 1.19 bits per heavy atom. The smallest absolute Gasteiger partial charge is 0.240 e. The maximum atomic E-state index is 12.3. The fourth-order valence-electron chi connectivity index (χ4n) is 2.07. The van der Waals surface area contributed by atoms with Crippen LogP contribution in [0.5, 0.6) is 5.75 Å². The van der Waals surface area contributed by atoms with Gasteiger partial charge in [0.05, 0.1) is 7.11 Å². The Hall–Kier alpha value is -2.04. The predicted octanol–water partition coefficient (Wildman–Crippen LogP) is 2.19. The van der Waals surface area contributed by atoms with E-state index in [1.165, 1.54) is 0 Å². The van der Waals surface area contributed by atoms with Crippen molar-refractivity contribution in [3.05, 3.63) is 24.3 Å². The van der Waals surface area contributed by atoms with Gasteiger partial charge < -0.3 is 15.4 Å². The van der Waals surface area contributed by atoms with Crippen LogP contribution in [0.3, 0.4) is 0 Å². The SMILES string of the molecule is COc1ccc(NC(=O)C2(C(=O)NCC(C)C)CC2)cc1. The van der Waals surface area contributed by atoms with E-state index in [1.54, 1.807) is 31.4 Å². The largest absolute Gasteiger partial charge is 0.497 e. The van der Waals surface area contributed by atoms with Crippen LogP contribution in [0.25, 0.3) is 0 Å². The second kappa shape index (κ2) is 6.16. The molecule has 114 valence electrons. The quantitative estimate of drug-likeness (QED) is 0.789. The third-order valence-electron chi connectivity index (χ3n) is 3.64. The molecule has 1 fully saturated rings. The molecular weight excluding hydrogens is 268 g/mol. The Bertz CT molecular complexity index is 519. The second-order valence-corrected chi connectivity index (χ2v) is 5.87. The zero-order valence-electron chi connectivity index (χ0n) is 12.7. The first-order valence-electron chi connectivity index (χ1n) is 7.22. The molecule has 2 amide bonds. The third-order valence-corrected chi connectivity index (χ3v) is 3.64. The van der Waals surface area contributed by atoms with Crippen molar-refractivity contribution < 1.29 is 14.3 Å². The van der Waals surface area contributed by atoms with Crippen LogP contribution in [0.15, 0.2) is 24.3 Å². The van der Waals surface area contributed by atoms with Gasteiger partial charge in [0.1, 0.15) is 11.2 Å². The van der Waals surface area contributed by atoms with E-state index in [4.69, 9.17) is 4.74 Å². The van der Waals surface area contributed by atoms with Crippen LogP contribution in [0.1, 0.15) is 26.7 Å². The van der Waals surface area contributed by atoms with Crippen LogP contribution in [0, 0.1) is 11.3 Å². The number of carbonyl (C=O) groups excluding carboxylic acids is 2. The first-order valence-corrected chi connectivity index (χ1v) is 7.22. The molecule has 21 heavy (non-hydrogen) atoms. The Kier molecular flexibility index (Phi) is 4.50. The zero-order chi connectivity index (χ0) is 15.5. The lowest BCUT2D eigenvalue weighted by Gasteiger charge is -2.16. The van der Waals surface area contributed by atoms with Crippen molar-refractivity contribution in [3.63, 3.8) is 0 Å². The summed E-state index contributed by atoms with van der Waals surface area (Å²) in [4.78, 5) is 24.5. The molecule has 1 aliphatic carbocycles. The molecule has 0 bridgehead atoms. The van der Waals surface area contributed by atoms with E-state index >= 15 is 0 Å². The molecule has 0 unspecified atom stereocenters. The Balaban J connectivity index is 1.97. The van der Waals surface area contributed by atoms with Gasteiger partial charge in [-0.2, -0.15) is 0 Å². The van der Waals surface area contributed by atoms with Crippen molar-refractivity contribution in [1.82, 2.24) is 5.32 Å². The van der Waals surface area contributed by atoms with Crippen molar-refractivity contribution in [2.24, 2.45) is 11.3 Å². The average Bonchev–Trinajstić information content (AvgIpc) is 3.27. The molecule has 0 radical (unpaired) electrons.